The lowest BCUT2D eigenvalue weighted by Crippen LogP contribution is -2.37. The maximum absolute atomic E-state index is 11.5. The van der Waals surface area contributed by atoms with E-state index in [2.05, 4.69) is 10.6 Å². The fourth-order valence-corrected chi connectivity index (χ4v) is 2.38. The molecule has 3 N–H and O–H groups in total. The number of carbonyl (C=O) groups excluding carboxylic acids is 1. The van der Waals surface area contributed by atoms with E-state index in [4.69, 9.17) is 16.7 Å². The van der Waals surface area contributed by atoms with Crippen LogP contribution in [0.25, 0.3) is 0 Å². The van der Waals surface area contributed by atoms with Crippen LogP contribution in [0.15, 0.2) is 12.1 Å². The molecule has 18 heavy (non-hydrogen) atoms. The molecule has 0 spiro atoms. The summed E-state index contributed by atoms with van der Waals surface area (Å²) in [6, 6.07) is 3.21. The van der Waals surface area contributed by atoms with Gasteiger partial charge in [0.25, 0.3) is 0 Å². The average Bonchev–Trinajstić information content (AvgIpc) is 2.71. The maximum Gasteiger partial charge on any atom is 0.315 e. The molecule has 0 aliphatic rings. The van der Waals surface area contributed by atoms with Gasteiger partial charge in [-0.2, -0.15) is 0 Å². The molecular weight excluding hydrogens is 276 g/mol. The first-order chi connectivity index (χ1) is 8.49. The first kappa shape index (κ1) is 14.8. The highest BCUT2D eigenvalue weighted by molar-refractivity contribution is 7.16. The van der Waals surface area contributed by atoms with Gasteiger partial charge in [0.05, 0.1) is 10.4 Å². The van der Waals surface area contributed by atoms with Crippen LogP contribution in [0.2, 0.25) is 4.34 Å². The molecule has 0 saturated carbocycles. The molecule has 0 saturated heterocycles. The highest BCUT2D eigenvalue weighted by Crippen LogP contribution is 2.26. The Hall–Kier alpha value is -1.27. The third-order valence-corrected chi connectivity index (χ3v) is 3.64. The number of aliphatic carboxylic acids is 1. The molecule has 0 aliphatic carbocycles. The van der Waals surface area contributed by atoms with E-state index in [-0.39, 0.29) is 18.5 Å². The quantitative estimate of drug-likeness (QED) is 0.705. The topological polar surface area (TPSA) is 78.4 Å². The molecule has 1 atom stereocenters. The summed E-state index contributed by atoms with van der Waals surface area (Å²) in [5, 5.41) is 13.8. The molecule has 1 aromatic heterocycles. The number of rotatable bonds is 6. The van der Waals surface area contributed by atoms with Crippen molar-refractivity contribution in [1.82, 2.24) is 10.6 Å². The molecule has 1 heterocycles. The van der Waals surface area contributed by atoms with Crippen molar-refractivity contribution < 1.29 is 14.7 Å². The number of hydrogen-bond acceptors (Lipinski definition) is 3. The zero-order valence-electron chi connectivity index (χ0n) is 9.90. The Morgan fingerprint density at radius 3 is 2.78 bits per heavy atom. The molecule has 0 fully saturated rings. The molecule has 1 rings (SSSR count). The number of urea groups is 1. The second-order valence-corrected chi connectivity index (χ2v) is 5.51. The molecule has 100 valence electrons. The molecule has 0 bridgehead atoms. The van der Waals surface area contributed by atoms with E-state index in [1.54, 1.807) is 6.07 Å². The van der Waals surface area contributed by atoms with Gasteiger partial charge >= 0.3 is 12.0 Å². The van der Waals surface area contributed by atoms with E-state index in [9.17, 15) is 9.59 Å². The van der Waals surface area contributed by atoms with Crippen LogP contribution < -0.4 is 10.6 Å². The molecular formula is C11H15ClN2O3S. The van der Waals surface area contributed by atoms with Gasteiger partial charge in [-0.15, -0.1) is 11.3 Å². The van der Waals surface area contributed by atoms with E-state index in [0.717, 1.165) is 4.88 Å². The number of carbonyl (C=O) groups is 2. The van der Waals surface area contributed by atoms with Gasteiger partial charge in [-0.05, 0) is 25.5 Å². The minimum Gasteiger partial charge on any atom is -0.481 e. The maximum atomic E-state index is 11.5. The molecule has 7 heteroatoms. The Balaban J connectivity index is 2.25. The van der Waals surface area contributed by atoms with E-state index in [1.807, 2.05) is 13.0 Å². The van der Waals surface area contributed by atoms with Crippen molar-refractivity contribution in [2.75, 3.05) is 6.54 Å². The summed E-state index contributed by atoms with van der Waals surface area (Å²) in [5.41, 5.74) is 0. The van der Waals surface area contributed by atoms with E-state index < -0.39 is 5.97 Å². The van der Waals surface area contributed by atoms with Crippen molar-refractivity contribution in [1.29, 1.82) is 0 Å². The monoisotopic (exact) mass is 290 g/mol. The molecule has 1 aromatic rings. The predicted molar refractivity (Wildman–Crippen MR) is 71.1 cm³/mol. The number of nitrogens with one attached hydrogen (secondary N) is 2. The molecule has 2 amide bonds. The van der Waals surface area contributed by atoms with E-state index in [1.165, 1.54) is 11.3 Å². The normalized spacial score (nSPS) is 11.9. The Morgan fingerprint density at radius 1 is 1.50 bits per heavy atom. The molecule has 0 aliphatic heterocycles. The van der Waals surface area contributed by atoms with E-state index >= 15 is 0 Å². The number of halogens is 1. The number of thiophene rings is 1. The zero-order chi connectivity index (χ0) is 13.5. The minimum atomic E-state index is -0.862. The van der Waals surface area contributed by atoms with Crippen molar-refractivity contribution >= 4 is 34.9 Å². The fraction of sp³-hybridized carbons (Fsp3) is 0.455. The number of carboxylic acids is 1. The third kappa shape index (κ3) is 5.37. The Morgan fingerprint density at radius 2 is 2.22 bits per heavy atom. The van der Waals surface area contributed by atoms with Crippen LogP contribution in [0.3, 0.4) is 0 Å². The highest BCUT2D eigenvalue weighted by atomic mass is 35.5. The largest absolute Gasteiger partial charge is 0.481 e. The van der Waals surface area contributed by atoms with Crippen molar-refractivity contribution in [2.24, 2.45) is 0 Å². The summed E-state index contributed by atoms with van der Waals surface area (Å²) < 4.78 is 0.681. The van der Waals surface area contributed by atoms with Crippen molar-refractivity contribution in [3.63, 3.8) is 0 Å². The second kappa shape index (κ2) is 7.23. The van der Waals surface area contributed by atoms with Crippen LogP contribution in [0.1, 0.15) is 30.7 Å². The third-order valence-electron chi connectivity index (χ3n) is 2.22. The van der Waals surface area contributed by atoms with Crippen LogP contribution in [-0.4, -0.2) is 23.7 Å². The molecule has 1 unspecified atom stereocenters. The van der Waals surface area contributed by atoms with Gasteiger partial charge in [0, 0.05) is 17.8 Å². The Bertz CT molecular complexity index is 422. The summed E-state index contributed by atoms with van der Waals surface area (Å²) in [4.78, 5) is 22.7. The minimum absolute atomic E-state index is 0.0520. The Labute approximate surface area is 114 Å². The van der Waals surface area contributed by atoms with Crippen molar-refractivity contribution in [2.45, 2.75) is 25.8 Å². The van der Waals surface area contributed by atoms with Crippen LogP contribution in [0.4, 0.5) is 4.79 Å². The highest BCUT2D eigenvalue weighted by Gasteiger charge is 2.11. The number of carboxylic acid groups (broad SMARTS) is 1. The predicted octanol–water partition coefficient (Wildman–Crippen LogP) is 2.63. The van der Waals surface area contributed by atoms with Crippen LogP contribution in [0.5, 0.6) is 0 Å². The summed E-state index contributed by atoms with van der Waals surface area (Å²) in [6.45, 7) is 2.20. The smallest absolute Gasteiger partial charge is 0.315 e. The standard InChI is InChI=1S/C11H15ClN2O3S/c1-7(8-4-5-9(12)18-8)14-11(17)13-6-2-3-10(15)16/h4-5,7H,2-3,6H2,1H3,(H,15,16)(H2,13,14,17). The lowest BCUT2D eigenvalue weighted by molar-refractivity contribution is -0.137. The average molecular weight is 291 g/mol. The lowest BCUT2D eigenvalue weighted by atomic mass is 10.3. The zero-order valence-corrected chi connectivity index (χ0v) is 11.5. The summed E-state index contributed by atoms with van der Waals surface area (Å²) in [7, 11) is 0. The van der Waals surface area contributed by atoms with Gasteiger partial charge in [-0.1, -0.05) is 11.6 Å². The first-order valence-electron chi connectivity index (χ1n) is 5.50. The second-order valence-electron chi connectivity index (χ2n) is 3.76. The number of amides is 2. The van der Waals surface area contributed by atoms with Gasteiger partial charge < -0.3 is 15.7 Å². The van der Waals surface area contributed by atoms with Crippen molar-refractivity contribution in [3.05, 3.63) is 21.3 Å². The van der Waals surface area contributed by atoms with E-state index in [0.29, 0.717) is 17.3 Å². The summed E-state index contributed by atoms with van der Waals surface area (Å²) >= 11 is 7.22. The summed E-state index contributed by atoms with van der Waals surface area (Å²) in [5.74, 6) is -0.862. The van der Waals surface area contributed by atoms with Crippen LogP contribution >= 0.6 is 22.9 Å². The van der Waals surface area contributed by atoms with Crippen molar-refractivity contribution in [3.8, 4) is 0 Å². The first-order valence-corrected chi connectivity index (χ1v) is 6.70. The molecule has 0 radical (unpaired) electrons. The van der Waals surface area contributed by atoms with Gasteiger partial charge in [-0.3, -0.25) is 4.79 Å². The SMILES string of the molecule is CC(NC(=O)NCCCC(=O)O)c1ccc(Cl)s1. The lowest BCUT2D eigenvalue weighted by Gasteiger charge is -2.12. The van der Waals surface area contributed by atoms with Gasteiger partial charge in [0.2, 0.25) is 0 Å². The van der Waals surface area contributed by atoms with Gasteiger partial charge in [-0.25, -0.2) is 4.79 Å². The molecule has 5 nitrogen and oxygen atoms in total. The summed E-state index contributed by atoms with van der Waals surface area (Å²) in [6.07, 6.45) is 0.471. The van der Waals surface area contributed by atoms with Crippen LogP contribution in [-0.2, 0) is 4.79 Å². The molecule has 0 aromatic carbocycles. The number of hydrogen-bond donors (Lipinski definition) is 3. The van der Waals surface area contributed by atoms with Crippen LogP contribution in [0, 0.1) is 0 Å². The van der Waals surface area contributed by atoms with Gasteiger partial charge in [0.1, 0.15) is 0 Å². The fourth-order valence-electron chi connectivity index (χ4n) is 1.32. The Kier molecular flexibility index (Phi) is 5.94. The van der Waals surface area contributed by atoms with Gasteiger partial charge in [0.15, 0.2) is 0 Å².